The second kappa shape index (κ2) is 11.9. The van der Waals surface area contributed by atoms with Gasteiger partial charge in [-0.05, 0) is 69.5 Å². The lowest BCUT2D eigenvalue weighted by Crippen LogP contribution is -2.36. The van der Waals surface area contributed by atoms with Gasteiger partial charge in [0.15, 0.2) is 5.82 Å². The molecule has 0 amide bonds. The number of aromatic nitrogens is 3. The third kappa shape index (κ3) is 6.88. The molecule has 3 heterocycles. The molecular formula is C25H36N8O2. The SMILES string of the molecule is CN=Cc1ncnc(NC(CCN(CCCCc2ccc3c(n2)NCCC3)C2CC2)C(=O)O)c1N. The number of nitrogens with two attached hydrogens (primary N) is 1. The van der Waals surface area contributed by atoms with Gasteiger partial charge in [-0.25, -0.2) is 19.7 Å². The average molecular weight is 481 g/mol. The van der Waals surface area contributed by atoms with Crippen LogP contribution in [0.4, 0.5) is 17.3 Å². The molecule has 0 saturated heterocycles. The van der Waals surface area contributed by atoms with Crippen molar-refractivity contribution in [1.82, 2.24) is 19.9 Å². The Morgan fingerprint density at radius 1 is 1.34 bits per heavy atom. The van der Waals surface area contributed by atoms with Gasteiger partial charge in [0.2, 0.25) is 0 Å². The Kier molecular flexibility index (Phi) is 8.46. The number of fused-ring (bicyclic) bond motifs is 1. The fourth-order valence-corrected chi connectivity index (χ4v) is 4.51. The number of rotatable bonds is 13. The van der Waals surface area contributed by atoms with Crippen molar-refractivity contribution in [2.45, 2.75) is 63.5 Å². The van der Waals surface area contributed by atoms with Crippen LogP contribution in [0, 0.1) is 0 Å². The van der Waals surface area contributed by atoms with Crippen molar-refractivity contribution in [3.8, 4) is 0 Å². The summed E-state index contributed by atoms with van der Waals surface area (Å²) < 4.78 is 0. The highest BCUT2D eigenvalue weighted by atomic mass is 16.4. The lowest BCUT2D eigenvalue weighted by atomic mass is 10.1. The number of aliphatic carboxylic acids is 1. The number of aliphatic imine (C=N–C) groups is 1. The van der Waals surface area contributed by atoms with E-state index in [0.717, 1.165) is 50.3 Å². The number of carbonyl (C=O) groups is 1. The van der Waals surface area contributed by atoms with E-state index < -0.39 is 12.0 Å². The highest BCUT2D eigenvalue weighted by molar-refractivity contribution is 5.89. The van der Waals surface area contributed by atoms with Gasteiger partial charge in [0.25, 0.3) is 0 Å². The maximum atomic E-state index is 11.9. The van der Waals surface area contributed by atoms with Gasteiger partial charge in [0, 0.05) is 38.1 Å². The normalized spacial score (nSPS) is 16.2. The highest BCUT2D eigenvalue weighted by Crippen LogP contribution is 2.28. The van der Waals surface area contributed by atoms with E-state index in [4.69, 9.17) is 10.7 Å². The van der Waals surface area contributed by atoms with Crippen LogP contribution in [0.25, 0.3) is 0 Å². The highest BCUT2D eigenvalue weighted by Gasteiger charge is 2.30. The number of carboxylic acid groups (broad SMARTS) is 1. The van der Waals surface area contributed by atoms with Crippen molar-refractivity contribution in [1.29, 1.82) is 0 Å². The zero-order valence-electron chi connectivity index (χ0n) is 20.4. The van der Waals surface area contributed by atoms with Gasteiger partial charge in [0.1, 0.15) is 29.6 Å². The van der Waals surface area contributed by atoms with Crippen molar-refractivity contribution < 1.29 is 9.90 Å². The lowest BCUT2D eigenvalue weighted by Gasteiger charge is -2.24. The van der Waals surface area contributed by atoms with E-state index in [1.54, 1.807) is 7.05 Å². The third-order valence-electron chi connectivity index (χ3n) is 6.62. The second-order valence-corrected chi connectivity index (χ2v) is 9.30. The largest absolute Gasteiger partial charge is 0.480 e. The van der Waals surface area contributed by atoms with Crippen LogP contribution in [-0.2, 0) is 17.6 Å². The fourth-order valence-electron chi connectivity index (χ4n) is 4.51. The first kappa shape index (κ1) is 24.8. The molecule has 0 bridgehead atoms. The van der Waals surface area contributed by atoms with Crippen LogP contribution in [0.3, 0.4) is 0 Å². The standard InChI is InChI=1S/C25H36N8O2/c1-27-15-21-22(26)24(30-16-29-21)32-20(25(34)35)11-14-33(19-9-10-19)13-3-2-6-18-8-7-17-5-4-12-28-23(17)31-18/h7-8,15-16,19-20H,2-6,9-14,26H2,1H3,(H,28,31)(H,34,35)(H,29,30,32). The minimum absolute atomic E-state index is 0.300. The number of pyridine rings is 1. The summed E-state index contributed by atoms with van der Waals surface area (Å²) in [5.41, 5.74) is 9.34. The van der Waals surface area contributed by atoms with Gasteiger partial charge in [-0.1, -0.05) is 6.07 Å². The quantitative estimate of drug-likeness (QED) is 0.251. The summed E-state index contributed by atoms with van der Waals surface area (Å²) in [7, 11) is 1.63. The molecule has 5 N–H and O–H groups in total. The van der Waals surface area contributed by atoms with Crippen LogP contribution >= 0.6 is 0 Å². The Morgan fingerprint density at radius 3 is 2.97 bits per heavy atom. The maximum Gasteiger partial charge on any atom is 0.326 e. The molecular weight excluding hydrogens is 444 g/mol. The molecule has 10 nitrogen and oxygen atoms in total. The number of hydrogen-bond acceptors (Lipinski definition) is 9. The van der Waals surface area contributed by atoms with Crippen LogP contribution in [0.2, 0.25) is 0 Å². The van der Waals surface area contributed by atoms with Crippen molar-refractivity contribution in [2.24, 2.45) is 4.99 Å². The zero-order valence-corrected chi connectivity index (χ0v) is 20.4. The number of nitrogens with zero attached hydrogens (tertiary/aromatic N) is 5. The molecule has 0 radical (unpaired) electrons. The molecule has 10 heteroatoms. The van der Waals surface area contributed by atoms with Crippen molar-refractivity contribution in [2.75, 3.05) is 43.0 Å². The minimum Gasteiger partial charge on any atom is -0.480 e. The predicted octanol–water partition coefficient (Wildman–Crippen LogP) is 2.60. The topological polar surface area (TPSA) is 142 Å². The van der Waals surface area contributed by atoms with Gasteiger partial charge < -0.3 is 26.4 Å². The first-order valence-electron chi connectivity index (χ1n) is 12.5. The molecule has 35 heavy (non-hydrogen) atoms. The van der Waals surface area contributed by atoms with Gasteiger partial charge in [-0.2, -0.15) is 0 Å². The molecule has 1 aliphatic heterocycles. The Balaban J connectivity index is 1.27. The average Bonchev–Trinajstić information content (AvgIpc) is 3.70. The molecule has 188 valence electrons. The van der Waals surface area contributed by atoms with E-state index in [2.05, 4.69) is 42.6 Å². The van der Waals surface area contributed by atoms with Crippen LogP contribution < -0.4 is 16.4 Å². The van der Waals surface area contributed by atoms with Crippen LogP contribution in [0.15, 0.2) is 23.5 Å². The number of nitrogen functional groups attached to an aromatic ring is 1. The van der Waals surface area contributed by atoms with E-state index >= 15 is 0 Å². The molecule has 0 spiro atoms. The Labute approximate surface area is 206 Å². The smallest absolute Gasteiger partial charge is 0.326 e. The van der Waals surface area contributed by atoms with Crippen molar-refractivity contribution >= 4 is 29.5 Å². The molecule has 0 aromatic carbocycles. The molecule has 4 rings (SSSR count). The molecule has 2 aliphatic rings. The number of anilines is 3. The van der Waals surface area contributed by atoms with Gasteiger partial charge >= 0.3 is 5.97 Å². The number of nitrogens with one attached hydrogen (secondary N) is 2. The molecule has 2 aromatic rings. The first-order valence-corrected chi connectivity index (χ1v) is 12.5. The summed E-state index contributed by atoms with van der Waals surface area (Å²) in [5, 5.41) is 16.2. The van der Waals surface area contributed by atoms with E-state index in [-0.39, 0.29) is 0 Å². The fraction of sp³-hybridized carbons (Fsp3) is 0.560. The molecule has 1 atom stereocenters. The van der Waals surface area contributed by atoms with Crippen molar-refractivity contribution in [3.63, 3.8) is 0 Å². The van der Waals surface area contributed by atoms with Crippen LogP contribution in [-0.4, -0.2) is 75.9 Å². The van der Waals surface area contributed by atoms with E-state index in [1.807, 2.05) is 0 Å². The summed E-state index contributed by atoms with van der Waals surface area (Å²) in [5.74, 6) is 0.461. The van der Waals surface area contributed by atoms with E-state index in [0.29, 0.717) is 36.2 Å². The van der Waals surface area contributed by atoms with E-state index in [9.17, 15) is 9.90 Å². The second-order valence-electron chi connectivity index (χ2n) is 9.30. The number of unbranched alkanes of at least 4 members (excludes halogenated alkanes) is 1. The molecule has 1 saturated carbocycles. The minimum atomic E-state index is -0.920. The summed E-state index contributed by atoms with van der Waals surface area (Å²) in [4.78, 5) is 31.3. The summed E-state index contributed by atoms with van der Waals surface area (Å²) in [6.07, 6.45) is 11.1. The number of aryl methyl sites for hydroxylation is 2. The van der Waals surface area contributed by atoms with E-state index in [1.165, 1.54) is 37.4 Å². The van der Waals surface area contributed by atoms with Crippen LogP contribution in [0.5, 0.6) is 0 Å². The Hall–Kier alpha value is -3.27. The van der Waals surface area contributed by atoms with Crippen LogP contribution in [0.1, 0.15) is 55.5 Å². The third-order valence-corrected chi connectivity index (χ3v) is 6.62. The van der Waals surface area contributed by atoms with Gasteiger partial charge in [-0.15, -0.1) is 0 Å². The molecule has 1 unspecified atom stereocenters. The molecule has 2 aromatic heterocycles. The monoisotopic (exact) mass is 480 g/mol. The number of hydrogen-bond donors (Lipinski definition) is 4. The zero-order chi connectivity index (χ0) is 24.6. The number of carboxylic acids is 1. The molecule has 1 aliphatic carbocycles. The summed E-state index contributed by atoms with van der Waals surface area (Å²) in [6.45, 7) is 2.68. The summed E-state index contributed by atoms with van der Waals surface area (Å²) in [6, 6.07) is 4.14. The Morgan fingerprint density at radius 2 is 2.20 bits per heavy atom. The predicted molar refractivity (Wildman–Crippen MR) is 138 cm³/mol. The maximum absolute atomic E-state index is 11.9. The van der Waals surface area contributed by atoms with Gasteiger partial charge in [0.05, 0.1) is 0 Å². The lowest BCUT2D eigenvalue weighted by molar-refractivity contribution is -0.138. The van der Waals surface area contributed by atoms with Crippen molar-refractivity contribution in [3.05, 3.63) is 35.4 Å². The first-order chi connectivity index (χ1) is 17.0. The molecule has 1 fully saturated rings. The summed E-state index contributed by atoms with van der Waals surface area (Å²) >= 11 is 0. The van der Waals surface area contributed by atoms with Gasteiger partial charge in [-0.3, -0.25) is 4.99 Å². The Bertz CT molecular complexity index is 1040.